The van der Waals surface area contributed by atoms with E-state index in [0.717, 1.165) is 17.7 Å². The van der Waals surface area contributed by atoms with Gasteiger partial charge in [-0.05, 0) is 45.7 Å². The fourth-order valence-corrected chi connectivity index (χ4v) is 3.29. The predicted molar refractivity (Wildman–Crippen MR) is 100 cm³/mol. The van der Waals surface area contributed by atoms with E-state index >= 15 is 0 Å². The van der Waals surface area contributed by atoms with Crippen molar-refractivity contribution in [2.24, 2.45) is 0 Å². The zero-order valence-electron chi connectivity index (χ0n) is 15.3. The molecule has 1 unspecified atom stereocenters. The van der Waals surface area contributed by atoms with Gasteiger partial charge in [-0.25, -0.2) is 0 Å². The summed E-state index contributed by atoms with van der Waals surface area (Å²) >= 11 is 1.41. The van der Waals surface area contributed by atoms with Crippen molar-refractivity contribution in [3.05, 3.63) is 35.7 Å². The van der Waals surface area contributed by atoms with Gasteiger partial charge in [0.25, 0.3) is 0 Å². The van der Waals surface area contributed by atoms with Crippen molar-refractivity contribution in [2.75, 3.05) is 19.8 Å². The first-order valence-electron chi connectivity index (χ1n) is 8.52. The number of hydrogen-bond donors (Lipinski definition) is 1. The van der Waals surface area contributed by atoms with Crippen LogP contribution >= 0.6 is 11.8 Å². The maximum absolute atomic E-state index is 12.2. The zero-order valence-corrected chi connectivity index (χ0v) is 16.1. The molecule has 0 aliphatic carbocycles. The van der Waals surface area contributed by atoms with Gasteiger partial charge >= 0.3 is 0 Å². The third-order valence-corrected chi connectivity index (χ3v) is 4.81. The van der Waals surface area contributed by atoms with E-state index in [1.165, 1.54) is 17.3 Å². The van der Waals surface area contributed by atoms with Crippen molar-refractivity contribution >= 4 is 17.7 Å². The molecule has 0 aliphatic heterocycles. The number of nitrogens with one attached hydrogen (secondary N) is 1. The molecule has 2 rings (SSSR count). The third kappa shape index (κ3) is 5.57. The lowest BCUT2D eigenvalue weighted by Gasteiger charge is -2.14. The van der Waals surface area contributed by atoms with Gasteiger partial charge in [-0.15, -0.1) is 10.2 Å². The number of hydrogen-bond acceptors (Lipinski definition) is 5. The molecule has 1 N–H and O–H groups in total. The average molecular weight is 362 g/mol. The summed E-state index contributed by atoms with van der Waals surface area (Å²) in [6.45, 7) is 9.95. The van der Waals surface area contributed by atoms with E-state index in [9.17, 15) is 4.79 Å². The van der Waals surface area contributed by atoms with E-state index in [1.807, 2.05) is 18.4 Å². The number of carbonyl (C=O) groups is 1. The summed E-state index contributed by atoms with van der Waals surface area (Å²) in [4.78, 5) is 12.2. The molecule has 1 aromatic heterocycles. The minimum Gasteiger partial charge on any atom is -0.382 e. The first-order chi connectivity index (χ1) is 12.0. The van der Waals surface area contributed by atoms with Crippen LogP contribution in [-0.4, -0.2) is 45.7 Å². The number of aromatic nitrogens is 3. The molecule has 2 aromatic rings. The molecule has 0 saturated carbocycles. The second kappa shape index (κ2) is 9.58. The van der Waals surface area contributed by atoms with Crippen molar-refractivity contribution in [2.45, 2.75) is 44.5 Å². The number of thioether (sulfide) groups is 1. The smallest absolute Gasteiger partial charge is 0.233 e. The molecule has 0 aliphatic rings. The number of benzene rings is 1. The lowest BCUT2D eigenvalue weighted by Crippen LogP contribution is -2.32. The lowest BCUT2D eigenvalue weighted by atomic mass is 10.1. The van der Waals surface area contributed by atoms with Crippen molar-refractivity contribution in [3.63, 3.8) is 0 Å². The highest BCUT2D eigenvalue weighted by atomic mass is 32.2. The van der Waals surface area contributed by atoms with Gasteiger partial charge in [0, 0.05) is 19.8 Å². The normalized spacial score (nSPS) is 12.2. The van der Waals surface area contributed by atoms with Crippen molar-refractivity contribution in [1.82, 2.24) is 20.1 Å². The second-order valence-corrected chi connectivity index (χ2v) is 7.18. The Hall–Kier alpha value is -1.86. The lowest BCUT2D eigenvalue weighted by molar-refractivity contribution is -0.120. The van der Waals surface area contributed by atoms with Gasteiger partial charge in [-0.3, -0.25) is 9.36 Å². The minimum atomic E-state index is -0.249. The maximum atomic E-state index is 12.2. The van der Waals surface area contributed by atoms with Gasteiger partial charge in [0.15, 0.2) is 5.16 Å². The molecule has 1 heterocycles. The molecule has 6 nitrogen and oxygen atoms in total. The second-order valence-electron chi connectivity index (χ2n) is 5.88. The number of ether oxygens (including phenoxy) is 1. The van der Waals surface area contributed by atoms with Crippen molar-refractivity contribution in [1.29, 1.82) is 0 Å². The van der Waals surface area contributed by atoms with E-state index < -0.39 is 0 Å². The number of nitrogens with zero attached hydrogens (tertiary/aromatic N) is 3. The SMILES string of the molecule is CCOCCCNC(=O)C(C)Sc1nncn1-c1ccc(C)cc1C. The molecule has 7 heteroatoms. The van der Waals surface area contributed by atoms with E-state index in [4.69, 9.17) is 4.74 Å². The van der Waals surface area contributed by atoms with Gasteiger partial charge in [0.05, 0.1) is 10.9 Å². The van der Waals surface area contributed by atoms with Crippen LogP contribution in [0.25, 0.3) is 5.69 Å². The van der Waals surface area contributed by atoms with Crippen LogP contribution in [0.3, 0.4) is 0 Å². The van der Waals surface area contributed by atoms with Crippen molar-refractivity contribution < 1.29 is 9.53 Å². The van der Waals surface area contributed by atoms with E-state index in [0.29, 0.717) is 24.9 Å². The Bertz CT molecular complexity index is 702. The summed E-state index contributed by atoms with van der Waals surface area (Å²) in [5, 5.41) is 11.6. The van der Waals surface area contributed by atoms with E-state index in [-0.39, 0.29) is 11.2 Å². The summed E-state index contributed by atoms with van der Waals surface area (Å²) in [6.07, 6.45) is 2.50. The quantitative estimate of drug-likeness (QED) is 0.549. The van der Waals surface area contributed by atoms with Crippen LogP contribution in [0.4, 0.5) is 0 Å². The van der Waals surface area contributed by atoms with Gasteiger partial charge in [0.2, 0.25) is 5.91 Å². The van der Waals surface area contributed by atoms with Crippen molar-refractivity contribution in [3.8, 4) is 5.69 Å². The first-order valence-corrected chi connectivity index (χ1v) is 9.40. The molecule has 1 aromatic carbocycles. The molecule has 0 fully saturated rings. The van der Waals surface area contributed by atoms with E-state index in [1.54, 1.807) is 6.33 Å². The van der Waals surface area contributed by atoms with Gasteiger partial charge < -0.3 is 10.1 Å². The highest BCUT2D eigenvalue weighted by Crippen LogP contribution is 2.25. The summed E-state index contributed by atoms with van der Waals surface area (Å²) in [5.74, 6) is -0.00308. The average Bonchev–Trinajstić information content (AvgIpc) is 3.02. The minimum absolute atomic E-state index is 0.00308. The molecule has 1 atom stereocenters. The van der Waals surface area contributed by atoms with Gasteiger partial charge in [-0.2, -0.15) is 0 Å². The molecule has 25 heavy (non-hydrogen) atoms. The van der Waals surface area contributed by atoms with Gasteiger partial charge in [0.1, 0.15) is 6.33 Å². The number of amides is 1. The Labute approximate surface area is 153 Å². The first kappa shape index (κ1) is 19.5. The van der Waals surface area contributed by atoms with Crippen LogP contribution in [-0.2, 0) is 9.53 Å². The molecule has 0 saturated heterocycles. The van der Waals surface area contributed by atoms with Crippen LogP contribution in [0.2, 0.25) is 0 Å². The molecule has 0 radical (unpaired) electrons. The largest absolute Gasteiger partial charge is 0.382 e. The summed E-state index contributed by atoms with van der Waals surface area (Å²) in [6, 6.07) is 6.24. The molecular formula is C18H26N4O2S. The highest BCUT2D eigenvalue weighted by Gasteiger charge is 2.18. The molecule has 1 amide bonds. The Morgan fingerprint density at radius 3 is 2.92 bits per heavy atom. The van der Waals surface area contributed by atoms with Gasteiger partial charge in [-0.1, -0.05) is 29.5 Å². The molecule has 0 bridgehead atoms. The fraction of sp³-hybridized carbons (Fsp3) is 0.500. The third-order valence-electron chi connectivity index (χ3n) is 3.75. The fourth-order valence-electron chi connectivity index (χ4n) is 2.43. The maximum Gasteiger partial charge on any atom is 0.233 e. The molecular weight excluding hydrogens is 336 g/mol. The summed E-state index contributed by atoms with van der Waals surface area (Å²) in [5.41, 5.74) is 3.39. The number of aryl methyl sites for hydroxylation is 2. The topological polar surface area (TPSA) is 69.0 Å². The van der Waals surface area contributed by atoms with E-state index in [2.05, 4.69) is 47.6 Å². The predicted octanol–water partition coefficient (Wildman–Crippen LogP) is 2.91. The standard InChI is InChI=1S/C18H26N4O2S/c1-5-24-10-6-9-19-17(23)15(4)25-18-21-20-12-22(18)16-8-7-13(2)11-14(16)3/h7-8,11-12,15H,5-6,9-10H2,1-4H3,(H,19,23). The number of rotatable bonds is 9. The van der Waals surface area contributed by atoms with Crippen LogP contribution in [0.15, 0.2) is 29.7 Å². The Morgan fingerprint density at radius 1 is 1.40 bits per heavy atom. The summed E-state index contributed by atoms with van der Waals surface area (Å²) < 4.78 is 7.20. The molecule has 0 spiro atoms. The van der Waals surface area contributed by atoms with Crippen LogP contribution in [0, 0.1) is 13.8 Å². The monoisotopic (exact) mass is 362 g/mol. The van der Waals surface area contributed by atoms with Crippen LogP contribution < -0.4 is 5.32 Å². The van der Waals surface area contributed by atoms with Crippen LogP contribution in [0.5, 0.6) is 0 Å². The summed E-state index contributed by atoms with van der Waals surface area (Å²) in [7, 11) is 0. The Kier molecular flexibility index (Phi) is 7.46. The highest BCUT2D eigenvalue weighted by molar-refractivity contribution is 8.00. The van der Waals surface area contributed by atoms with Crippen LogP contribution in [0.1, 0.15) is 31.4 Å². The Morgan fingerprint density at radius 2 is 2.20 bits per heavy atom. The zero-order chi connectivity index (χ0) is 18.2. The molecule has 136 valence electrons. The number of carbonyl (C=O) groups excluding carboxylic acids is 1. The Balaban J connectivity index is 1.97.